The van der Waals surface area contributed by atoms with Crippen LogP contribution < -0.4 is 4.90 Å². The van der Waals surface area contributed by atoms with Gasteiger partial charge in [0, 0.05) is 18.8 Å². The molecule has 19 heavy (non-hydrogen) atoms. The first kappa shape index (κ1) is 16.0. The molecule has 1 aromatic rings. The average molecular weight is 267 g/mol. The molecule has 108 valence electrons. The van der Waals surface area contributed by atoms with Gasteiger partial charge in [0.05, 0.1) is 33.0 Å². The first-order valence-corrected chi connectivity index (χ1v) is 6.86. The molecule has 0 saturated heterocycles. The van der Waals surface area contributed by atoms with Gasteiger partial charge < -0.3 is 19.5 Å². The SMILES string of the molecule is CCN(CCOCCOCCO)c1cccc(C)c1. The van der Waals surface area contributed by atoms with Gasteiger partial charge in [-0.05, 0) is 31.5 Å². The van der Waals surface area contributed by atoms with Crippen molar-refractivity contribution in [3.05, 3.63) is 29.8 Å². The monoisotopic (exact) mass is 267 g/mol. The summed E-state index contributed by atoms with van der Waals surface area (Å²) in [6.07, 6.45) is 0. The number of rotatable bonds is 10. The van der Waals surface area contributed by atoms with Crippen LogP contribution in [0.3, 0.4) is 0 Å². The highest BCUT2D eigenvalue weighted by molar-refractivity contribution is 5.48. The van der Waals surface area contributed by atoms with Gasteiger partial charge in [0.1, 0.15) is 0 Å². The molecule has 0 aliphatic heterocycles. The summed E-state index contributed by atoms with van der Waals surface area (Å²) < 4.78 is 10.6. The molecule has 4 nitrogen and oxygen atoms in total. The fourth-order valence-electron chi connectivity index (χ4n) is 1.86. The molecule has 0 amide bonds. The minimum Gasteiger partial charge on any atom is -0.394 e. The van der Waals surface area contributed by atoms with Gasteiger partial charge in [-0.2, -0.15) is 0 Å². The molecule has 4 heteroatoms. The number of aryl methyl sites for hydroxylation is 1. The fourth-order valence-corrected chi connectivity index (χ4v) is 1.86. The molecule has 0 aliphatic rings. The minimum absolute atomic E-state index is 0.0664. The molecule has 1 rings (SSSR count). The summed E-state index contributed by atoms with van der Waals surface area (Å²) in [4.78, 5) is 2.29. The summed E-state index contributed by atoms with van der Waals surface area (Å²) >= 11 is 0. The zero-order valence-electron chi connectivity index (χ0n) is 12.0. The smallest absolute Gasteiger partial charge is 0.0701 e. The van der Waals surface area contributed by atoms with Crippen LogP contribution in [0.4, 0.5) is 5.69 Å². The molecule has 0 unspecified atom stereocenters. The summed E-state index contributed by atoms with van der Waals surface area (Å²) in [6.45, 7) is 8.34. The Morgan fingerprint density at radius 2 is 1.84 bits per heavy atom. The van der Waals surface area contributed by atoms with Crippen molar-refractivity contribution in [3.8, 4) is 0 Å². The van der Waals surface area contributed by atoms with E-state index in [2.05, 4.69) is 43.0 Å². The van der Waals surface area contributed by atoms with Crippen LogP contribution in [0.1, 0.15) is 12.5 Å². The topological polar surface area (TPSA) is 41.9 Å². The first-order chi connectivity index (χ1) is 9.27. The van der Waals surface area contributed by atoms with Crippen molar-refractivity contribution in [2.75, 3.05) is 51.0 Å². The lowest BCUT2D eigenvalue weighted by molar-refractivity contribution is 0.0351. The van der Waals surface area contributed by atoms with Gasteiger partial charge in [0.25, 0.3) is 0 Å². The number of hydrogen-bond donors (Lipinski definition) is 1. The van der Waals surface area contributed by atoms with Gasteiger partial charge in [-0.3, -0.25) is 0 Å². The average Bonchev–Trinajstić information content (AvgIpc) is 2.42. The van der Waals surface area contributed by atoms with Gasteiger partial charge in [-0.15, -0.1) is 0 Å². The van der Waals surface area contributed by atoms with Crippen molar-refractivity contribution in [1.29, 1.82) is 0 Å². The Morgan fingerprint density at radius 3 is 2.47 bits per heavy atom. The molecule has 0 spiro atoms. The van der Waals surface area contributed by atoms with E-state index in [0.29, 0.717) is 26.4 Å². The third-order valence-corrected chi connectivity index (χ3v) is 2.86. The number of nitrogens with zero attached hydrogens (tertiary/aromatic N) is 1. The number of hydrogen-bond acceptors (Lipinski definition) is 4. The van der Waals surface area contributed by atoms with Crippen LogP contribution in [0, 0.1) is 6.92 Å². The van der Waals surface area contributed by atoms with Crippen LogP contribution in [-0.2, 0) is 9.47 Å². The lowest BCUT2D eigenvalue weighted by Crippen LogP contribution is -2.27. The van der Waals surface area contributed by atoms with E-state index in [-0.39, 0.29) is 6.61 Å². The Balaban J connectivity index is 2.22. The van der Waals surface area contributed by atoms with Crippen LogP contribution >= 0.6 is 0 Å². The van der Waals surface area contributed by atoms with Gasteiger partial charge >= 0.3 is 0 Å². The molecule has 0 radical (unpaired) electrons. The third kappa shape index (κ3) is 6.57. The van der Waals surface area contributed by atoms with Crippen molar-refractivity contribution in [3.63, 3.8) is 0 Å². The van der Waals surface area contributed by atoms with Crippen molar-refractivity contribution >= 4 is 5.69 Å². The highest BCUT2D eigenvalue weighted by atomic mass is 16.5. The zero-order valence-corrected chi connectivity index (χ0v) is 12.0. The number of aliphatic hydroxyl groups is 1. The molecule has 0 aromatic heterocycles. The van der Waals surface area contributed by atoms with Gasteiger partial charge in [0.15, 0.2) is 0 Å². The molecule has 0 heterocycles. The maximum atomic E-state index is 8.55. The summed E-state index contributed by atoms with van der Waals surface area (Å²) in [5.74, 6) is 0. The van der Waals surface area contributed by atoms with Crippen LogP contribution in [0.15, 0.2) is 24.3 Å². The summed E-state index contributed by atoms with van der Waals surface area (Å²) in [5.41, 5.74) is 2.51. The maximum Gasteiger partial charge on any atom is 0.0701 e. The Morgan fingerprint density at radius 1 is 1.11 bits per heavy atom. The molecule has 0 aliphatic carbocycles. The molecule has 0 saturated carbocycles. The van der Waals surface area contributed by atoms with Gasteiger partial charge in [-0.1, -0.05) is 12.1 Å². The standard InChI is InChI=1S/C15H25NO3/c1-3-16(15-6-4-5-14(2)13-15)7-9-18-11-12-19-10-8-17/h4-6,13,17H,3,7-12H2,1-2H3. The van der Waals surface area contributed by atoms with E-state index in [4.69, 9.17) is 14.6 Å². The second-order valence-electron chi connectivity index (χ2n) is 4.37. The molecule has 1 N–H and O–H groups in total. The molecule has 0 fully saturated rings. The van der Waals surface area contributed by atoms with Crippen LogP contribution in [0.25, 0.3) is 0 Å². The van der Waals surface area contributed by atoms with E-state index < -0.39 is 0 Å². The normalized spacial score (nSPS) is 10.7. The largest absolute Gasteiger partial charge is 0.394 e. The Bertz CT molecular complexity index is 344. The quantitative estimate of drug-likeness (QED) is 0.657. The molecule has 1 aromatic carbocycles. The van der Waals surface area contributed by atoms with E-state index in [1.54, 1.807) is 0 Å². The van der Waals surface area contributed by atoms with Crippen molar-refractivity contribution in [2.45, 2.75) is 13.8 Å². The molecular formula is C15H25NO3. The second kappa shape index (κ2) is 9.78. The second-order valence-corrected chi connectivity index (χ2v) is 4.37. The Labute approximate surface area is 115 Å². The third-order valence-electron chi connectivity index (χ3n) is 2.86. The van der Waals surface area contributed by atoms with Crippen LogP contribution in [0.2, 0.25) is 0 Å². The van der Waals surface area contributed by atoms with E-state index in [1.165, 1.54) is 11.3 Å². The molecular weight excluding hydrogens is 242 g/mol. The van der Waals surface area contributed by atoms with Crippen molar-refractivity contribution < 1.29 is 14.6 Å². The number of ether oxygens (including phenoxy) is 2. The number of likely N-dealkylation sites (N-methyl/N-ethyl adjacent to an activating group) is 1. The Hall–Kier alpha value is -1.10. The highest BCUT2D eigenvalue weighted by Crippen LogP contribution is 2.15. The summed E-state index contributed by atoms with van der Waals surface area (Å²) in [5, 5.41) is 8.55. The van der Waals surface area contributed by atoms with Crippen LogP contribution in [0.5, 0.6) is 0 Å². The predicted molar refractivity (Wildman–Crippen MR) is 77.8 cm³/mol. The van der Waals surface area contributed by atoms with E-state index in [0.717, 1.165) is 13.1 Å². The van der Waals surface area contributed by atoms with Crippen molar-refractivity contribution in [2.24, 2.45) is 0 Å². The molecule has 0 bridgehead atoms. The van der Waals surface area contributed by atoms with E-state index in [9.17, 15) is 0 Å². The summed E-state index contributed by atoms with van der Waals surface area (Å²) in [7, 11) is 0. The van der Waals surface area contributed by atoms with E-state index >= 15 is 0 Å². The Kier molecular flexibility index (Phi) is 8.21. The fraction of sp³-hybridized carbons (Fsp3) is 0.600. The number of benzene rings is 1. The minimum atomic E-state index is 0.0664. The number of aliphatic hydroxyl groups excluding tert-OH is 1. The first-order valence-electron chi connectivity index (χ1n) is 6.86. The highest BCUT2D eigenvalue weighted by Gasteiger charge is 2.03. The summed E-state index contributed by atoms with van der Waals surface area (Å²) in [6, 6.07) is 8.50. The van der Waals surface area contributed by atoms with Crippen LogP contribution in [-0.4, -0.2) is 51.2 Å². The zero-order chi connectivity index (χ0) is 13.9. The predicted octanol–water partition coefficient (Wildman–Crippen LogP) is 1.85. The van der Waals surface area contributed by atoms with E-state index in [1.807, 2.05) is 0 Å². The lowest BCUT2D eigenvalue weighted by atomic mass is 10.2. The maximum absolute atomic E-state index is 8.55. The molecule has 0 atom stereocenters. The van der Waals surface area contributed by atoms with Gasteiger partial charge in [0.2, 0.25) is 0 Å². The lowest BCUT2D eigenvalue weighted by Gasteiger charge is -2.23. The van der Waals surface area contributed by atoms with Gasteiger partial charge in [-0.25, -0.2) is 0 Å². The van der Waals surface area contributed by atoms with Crippen molar-refractivity contribution in [1.82, 2.24) is 0 Å². The number of anilines is 1.